The average molecular weight is 430 g/mol. The first-order chi connectivity index (χ1) is 15.6. The standard InChI is InChI=1S/C27H31N3O2/c1-4-21(16-25-22-8-6-5-7-19(22)12-14-29-25)30-27(31)20-9-10-23(26(15-20)32-3)24-17-28-13-11-18(24)2/h5-11,13,15,17,21,25,29H,4,12,14,16H2,1-3H3,(H,30,31). The van der Waals surface area contributed by atoms with Gasteiger partial charge in [-0.05, 0) is 73.7 Å². The molecule has 0 saturated heterocycles. The van der Waals surface area contributed by atoms with Gasteiger partial charge >= 0.3 is 0 Å². The van der Waals surface area contributed by atoms with Gasteiger partial charge in [-0.3, -0.25) is 9.78 Å². The van der Waals surface area contributed by atoms with Gasteiger partial charge in [-0.15, -0.1) is 0 Å². The van der Waals surface area contributed by atoms with Crippen molar-refractivity contribution in [3.8, 4) is 16.9 Å². The zero-order valence-electron chi connectivity index (χ0n) is 19.0. The number of benzene rings is 2. The molecule has 5 nitrogen and oxygen atoms in total. The summed E-state index contributed by atoms with van der Waals surface area (Å²) in [5, 5.41) is 6.86. The number of hydrogen-bond acceptors (Lipinski definition) is 4. The Morgan fingerprint density at radius 1 is 1.22 bits per heavy atom. The molecule has 2 heterocycles. The predicted molar refractivity (Wildman–Crippen MR) is 128 cm³/mol. The van der Waals surface area contributed by atoms with E-state index in [1.165, 1.54) is 11.1 Å². The molecule has 0 aliphatic carbocycles. The van der Waals surface area contributed by atoms with Gasteiger partial charge in [-0.2, -0.15) is 0 Å². The molecule has 5 heteroatoms. The molecule has 1 aromatic heterocycles. The number of methoxy groups -OCH3 is 1. The Labute approximate surface area is 190 Å². The average Bonchev–Trinajstić information content (AvgIpc) is 2.83. The zero-order valence-corrected chi connectivity index (χ0v) is 19.0. The molecule has 1 amide bonds. The maximum atomic E-state index is 13.1. The van der Waals surface area contributed by atoms with E-state index in [2.05, 4.69) is 46.8 Å². The number of carbonyl (C=O) groups is 1. The third kappa shape index (κ3) is 4.68. The number of aryl methyl sites for hydroxylation is 1. The Balaban J connectivity index is 1.50. The number of nitrogens with zero attached hydrogens (tertiary/aromatic N) is 1. The van der Waals surface area contributed by atoms with Gasteiger partial charge in [0.2, 0.25) is 0 Å². The molecule has 2 unspecified atom stereocenters. The van der Waals surface area contributed by atoms with Gasteiger partial charge in [0.25, 0.3) is 5.91 Å². The van der Waals surface area contributed by atoms with Crippen LogP contribution < -0.4 is 15.4 Å². The first-order valence-electron chi connectivity index (χ1n) is 11.3. The lowest BCUT2D eigenvalue weighted by molar-refractivity contribution is 0.0930. The largest absolute Gasteiger partial charge is 0.496 e. The lowest BCUT2D eigenvalue weighted by atomic mass is 9.90. The van der Waals surface area contributed by atoms with E-state index >= 15 is 0 Å². The normalized spacial score (nSPS) is 16.2. The minimum absolute atomic E-state index is 0.0753. The number of fused-ring (bicyclic) bond motifs is 1. The molecular formula is C27H31N3O2. The van der Waals surface area contributed by atoms with Crippen molar-refractivity contribution < 1.29 is 9.53 Å². The monoisotopic (exact) mass is 429 g/mol. The molecule has 32 heavy (non-hydrogen) atoms. The van der Waals surface area contributed by atoms with Crippen LogP contribution in [0.15, 0.2) is 60.9 Å². The highest BCUT2D eigenvalue weighted by Crippen LogP contribution is 2.33. The summed E-state index contributed by atoms with van der Waals surface area (Å²) in [7, 11) is 1.63. The van der Waals surface area contributed by atoms with Crippen LogP contribution >= 0.6 is 0 Å². The molecule has 1 aliphatic heterocycles. The van der Waals surface area contributed by atoms with Crippen LogP contribution in [0, 0.1) is 6.92 Å². The first-order valence-corrected chi connectivity index (χ1v) is 11.3. The van der Waals surface area contributed by atoms with E-state index in [1.807, 2.05) is 37.4 Å². The predicted octanol–water partition coefficient (Wildman–Crippen LogP) is 4.85. The summed E-state index contributed by atoms with van der Waals surface area (Å²) in [6.45, 7) is 5.13. The highest BCUT2D eigenvalue weighted by Gasteiger charge is 2.23. The molecular weight excluding hydrogens is 398 g/mol. The summed E-state index contributed by atoms with van der Waals surface area (Å²) in [4.78, 5) is 17.3. The van der Waals surface area contributed by atoms with E-state index in [9.17, 15) is 4.79 Å². The molecule has 0 spiro atoms. The third-order valence-electron chi connectivity index (χ3n) is 6.36. The Hall–Kier alpha value is -3.18. The van der Waals surface area contributed by atoms with Crippen molar-refractivity contribution in [3.63, 3.8) is 0 Å². The first kappa shape index (κ1) is 22.0. The lowest BCUT2D eigenvalue weighted by Gasteiger charge is -2.30. The fourth-order valence-corrected chi connectivity index (χ4v) is 4.48. The highest BCUT2D eigenvalue weighted by molar-refractivity contribution is 5.96. The van der Waals surface area contributed by atoms with Gasteiger partial charge in [0.15, 0.2) is 0 Å². The zero-order chi connectivity index (χ0) is 22.5. The Kier molecular flexibility index (Phi) is 6.86. The summed E-state index contributed by atoms with van der Waals surface area (Å²) in [5.74, 6) is 0.596. The molecule has 3 aromatic rings. The van der Waals surface area contributed by atoms with Crippen molar-refractivity contribution in [2.24, 2.45) is 0 Å². The Bertz CT molecular complexity index is 1100. The number of carbonyl (C=O) groups excluding carboxylic acids is 1. The summed E-state index contributed by atoms with van der Waals surface area (Å²) in [6, 6.07) is 16.5. The number of pyridine rings is 1. The second-order valence-electron chi connectivity index (χ2n) is 8.38. The molecule has 0 radical (unpaired) electrons. The van der Waals surface area contributed by atoms with Crippen LogP contribution in [0.5, 0.6) is 5.75 Å². The van der Waals surface area contributed by atoms with Gasteiger partial charge in [-0.1, -0.05) is 31.2 Å². The SMILES string of the molecule is CCC(CC1NCCc2ccccc21)NC(=O)c1ccc(-c2cnccc2C)c(OC)c1. The smallest absolute Gasteiger partial charge is 0.251 e. The number of aromatic nitrogens is 1. The van der Waals surface area contributed by atoms with E-state index in [0.717, 1.165) is 42.5 Å². The number of ether oxygens (including phenoxy) is 1. The summed E-state index contributed by atoms with van der Waals surface area (Å²) in [5.41, 5.74) is 6.41. The minimum Gasteiger partial charge on any atom is -0.496 e. The number of amides is 1. The minimum atomic E-state index is -0.0753. The van der Waals surface area contributed by atoms with E-state index < -0.39 is 0 Å². The fourth-order valence-electron chi connectivity index (χ4n) is 4.48. The number of hydrogen-bond donors (Lipinski definition) is 2. The lowest BCUT2D eigenvalue weighted by Crippen LogP contribution is -2.39. The van der Waals surface area contributed by atoms with Crippen molar-refractivity contribution in [3.05, 3.63) is 83.2 Å². The van der Waals surface area contributed by atoms with Gasteiger partial charge < -0.3 is 15.4 Å². The maximum Gasteiger partial charge on any atom is 0.251 e. The molecule has 2 N–H and O–H groups in total. The van der Waals surface area contributed by atoms with Gasteiger partial charge in [0.1, 0.15) is 5.75 Å². The number of nitrogens with one attached hydrogen (secondary N) is 2. The second kappa shape index (κ2) is 9.96. The fraction of sp³-hybridized carbons (Fsp3) is 0.333. The summed E-state index contributed by atoms with van der Waals surface area (Å²) < 4.78 is 5.62. The van der Waals surface area contributed by atoms with Crippen LogP contribution in [0.1, 0.15) is 52.9 Å². The second-order valence-corrected chi connectivity index (χ2v) is 8.38. The van der Waals surface area contributed by atoms with Gasteiger partial charge in [0, 0.05) is 41.2 Å². The molecule has 166 valence electrons. The van der Waals surface area contributed by atoms with Crippen molar-refractivity contribution in [1.82, 2.24) is 15.6 Å². The van der Waals surface area contributed by atoms with Gasteiger partial charge in [0.05, 0.1) is 7.11 Å². The molecule has 1 aliphatic rings. The number of rotatable bonds is 7. The van der Waals surface area contributed by atoms with E-state index in [1.54, 1.807) is 13.3 Å². The van der Waals surface area contributed by atoms with E-state index in [4.69, 9.17) is 4.74 Å². The van der Waals surface area contributed by atoms with Crippen molar-refractivity contribution in [1.29, 1.82) is 0 Å². The van der Waals surface area contributed by atoms with Crippen LogP contribution in [-0.4, -0.2) is 30.6 Å². The van der Waals surface area contributed by atoms with Crippen molar-refractivity contribution in [2.45, 2.75) is 45.2 Å². The molecule has 2 atom stereocenters. The molecule has 2 aromatic carbocycles. The van der Waals surface area contributed by atoms with E-state index in [-0.39, 0.29) is 18.0 Å². The van der Waals surface area contributed by atoms with Crippen LogP contribution in [-0.2, 0) is 6.42 Å². The molecule has 0 saturated carbocycles. The Morgan fingerprint density at radius 3 is 2.84 bits per heavy atom. The quantitative estimate of drug-likeness (QED) is 0.564. The van der Waals surface area contributed by atoms with Crippen LogP contribution in [0.4, 0.5) is 0 Å². The summed E-state index contributed by atoms with van der Waals surface area (Å²) >= 11 is 0. The van der Waals surface area contributed by atoms with Crippen LogP contribution in [0.25, 0.3) is 11.1 Å². The van der Waals surface area contributed by atoms with Gasteiger partial charge in [-0.25, -0.2) is 0 Å². The van der Waals surface area contributed by atoms with Crippen molar-refractivity contribution in [2.75, 3.05) is 13.7 Å². The Morgan fingerprint density at radius 2 is 2.06 bits per heavy atom. The summed E-state index contributed by atoms with van der Waals surface area (Å²) in [6.07, 6.45) is 6.39. The van der Waals surface area contributed by atoms with Crippen LogP contribution in [0.3, 0.4) is 0 Å². The molecule has 0 bridgehead atoms. The van der Waals surface area contributed by atoms with Crippen molar-refractivity contribution >= 4 is 5.91 Å². The highest BCUT2D eigenvalue weighted by atomic mass is 16.5. The molecule has 0 fully saturated rings. The topological polar surface area (TPSA) is 63.2 Å². The van der Waals surface area contributed by atoms with E-state index in [0.29, 0.717) is 11.3 Å². The maximum absolute atomic E-state index is 13.1. The van der Waals surface area contributed by atoms with Crippen LogP contribution in [0.2, 0.25) is 0 Å². The third-order valence-corrected chi connectivity index (χ3v) is 6.36. The molecule has 4 rings (SSSR count).